The number of hydrogen-bond donors (Lipinski definition) is 0. The van der Waals surface area contributed by atoms with E-state index in [2.05, 4.69) is 24.8 Å². The van der Waals surface area contributed by atoms with Crippen LogP contribution in [0.2, 0.25) is 0 Å². The Labute approximate surface area is 68.3 Å². The molecule has 0 saturated heterocycles. The Kier molecular flexibility index (Phi) is 6.43. The predicted octanol–water partition coefficient (Wildman–Crippen LogP) is 2.98. The molecule has 56 valence electrons. The zero-order valence-electron chi connectivity index (χ0n) is 6.58. The van der Waals surface area contributed by atoms with Gasteiger partial charge in [0.1, 0.15) is 0 Å². The summed E-state index contributed by atoms with van der Waals surface area (Å²) in [5.41, 5.74) is 1.31. The molecule has 0 aromatic carbocycles. The van der Waals surface area contributed by atoms with Crippen molar-refractivity contribution in [3.63, 3.8) is 0 Å². The summed E-state index contributed by atoms with van der Waals surface area (Å²) in [6.45, 7) is 3.94. The van der Waals surface area contributed by atoms with Crippen LogP contribution < -0.4 is 0 Å². The maximum Gasteiger partial charge on any atom is 0.0296 e. The van der Waals surface area contributed by atoms with E-state index in [0.29, 0.717) is 5.88 Å². The molecule has 0 nitrogen and oxygen atoms in total. The van der Waals surface area contributed by atoms with Crippen molar-refractivity contribution in [3.8, 4) is 11.8 Å². The first kappa shape index (κ1) is 9.59. The first-order valence-corrected chi connectivity index (χ1v) is 3.96. The van der Waals surface area contributed by atoms with E-state index in [0.717, 1.165) is 12.8 Å². The number of alkyl halides is 1. The molecule has 0 N–H and O–H groups in total. The van der Waals surface area contributed by atoms with Crippen LogP contribution in [0.3, 0.4) is 0 Å². The van der Waals surface area contributed by atoms with Gasteiger partial charge in [-0.05, 0) is 20.3 Å². The molecule has 0 atom stereocenters. The lowest BCUT2D eigenvalue weighted by molar-refractivity contribution is 1.14. The predicted molar refractivity (Wildman–Crippen MR) is 47.2 cm³/mol. The van der Waals surface area contributed by atoms with Gasteiger partial charge in [-0.2, -0.15) is 0 Å². The summed E-state index contributed by atoms with van der Waals surface area (Å²) in [4.78, 5) is 0. The first-order chi connectivity index (χ1) is 4.81. The highest BCUT2D eigenvalue weighted by atomic mass is 35.5. The smallest absolute Gasteiger partial charge is 0.0296 e. The zero-order chi connectivity index (χ0) is 7.82. The summed E-state index contributed by atoms with van der Waals surface area (Å²) in [6.07, 6.45) is 3.98. The Morgan fingerprint density at radius 2 is 2.30 bits per heavy atom. The van der Waals surface area contributed by atoms with E-state index in [9.17, 15) is 0 Å². The van der Waals surface area contributed by atoms with Gasteiger partial charge in [-0.1, -0.05) is 17.6 Å². The Morgan fingerprint density at radius 1 is 1.60 bits per heavy atom. The summed E-state index contributed by atoms with van der Waals surface area (Å²) >= 11 is 5.50. The van der Waals surface area contributed by atoms with Gasteiger partial charge in [0.05, 0.1) is 0 Å². The van der Waals surface area contributed by atoms with Crippen molar-refractivity contribution in [2.75, 3.05) is 5.88 Å². The van der Waals surface area contributed by atoms with E-state index in [1.807, 2.05) is 6.92 Å². The lowest BCUT2D eigenvalue weighted by Crippen LogP contribution is -1.75. The van der Waals surface area contributed by atoms with Gasteiger partial charge in [0.25, 0.3) is 0 Å². The Hall–Kier alpha value is -0.410. The average Bonchev–Trinajstić information content (AvgIpc) is 1.97. The van der Waals surface area contributed by atoms with Crippen LogP contribution in [0.25, 0.3) is 0 Å². The second-order valence-corrected chi connectivity index (χ2v) is 2.51. The van der Waals surface area contributed by atoms with Crippen molar-refractivity contribution in [1.29, 1.82) is 0 Å². The van der Waals surface area contributed by atoms with Crippen LogP contribution in [0, 0.1) is 11.8 Å². The van der Waals surface area contributed by atoms with E-state index in [4.69, 9.17) is 11.6 Å². The molecule has 0 amide bonds. The van der Waals surface area contributed by atoms with Gasteiger partial charge in [0, 0.05) is 12.3 Å². The van der Waals surface area contributed by atoms with Crippen LogP contribution in [-0.2, 0) is 0 Å². The van der Waals surface area contributed by atoms with Gasteiger partial charge in [-0.25, -0.2) is 0 Å². The molecule has 0 spiro atoms. The van der Waals surface area contributed by atoms with E-state index in [-0.39, 0.29) is 0 Å². The second-order valence-electron chi connectivity index (χ2n) is 2.13. The normalized spacial score (nSPS) is 10.5. The molecular formula is C9H13Cl. The Morgan fingerprint density at radius 3 is 2.80 bits per heavy atom. The van der Waals surface area contributed by atoms with Gasteiger partial charge in [0.2, 0.25) is 0 Å². The first-order valence-electron chi connectivity index (χ1n) is 3.42. The molecule has 1 heteroatoms. The largest absolute Gasteiger partial charge is 0.126 e. The van der Waals surface area contributed by atoms with E-state index in [1.165, 1.54) is 5.57 Å². The van der Waals surface area contributed by atoms with Gasteiger partial charge in [-0.3, -0.25) is 0 Å². The fourth-order valence-electron chi connectivity index (χ4n) is 0.601. The van der Waals surface area contributed by atoms with Crippen molar-refractivity contribution in [3.05, 3.63) is 11.6 Å². The highest BCUT2D eigenvalue weighted by Crippen LogP contribution is 2.00. The van der Waals surface area contributed by atoms with Crippen molar-refractivity contribution in [1.82, 2.24) is 0 Å². The summed E-state index contributed by atoms with van der Waals surface area (Å²) < 4.78 is 0. The van der Waals surface area contributed by atoms with Crippen LogP contribution >= 0.6 is 11.6 Å². The fraction of sp³-hybridized carbons (Fsp3) is 0.556. The summed E-state index contributed by atoms with van der Waals surface area (Å²) in [5.74, 6) is 6.55. The third-order valence-corrected chi connectivity index (χ3v) is 1.36. The van der Waals surface area contributed by atoms with Gasteiger partial charge < -0.3 is 0 Å². The third kappa shape index (κ3) is 5.72. The van der Waals surface area contributed by atoms with E-state index >= 15 is 0 Å². The molecular weight excluding hydrogens is 144 g/mol. The Balaban J connectivity index is 3.56. The maximum atomic E-state index is 5.50. The van der Waals surface area contributed by atoms with Crippen LogP contribution in [0.15, 0.2) is 11.6 Å². The SMILES string of the molecule is CC#CC/C(C)=C/CCCl. The maximum absolute atomic E-state index is 5.50. The van der Waals surface area contributed by atoms with Crippen molar-refractivity contribution < 1.29 is 0 Å². The lowest BCUT2D eigenvalue weighted by Gasteiger charge is -1.90. The second kappa shape index (κ2) is 6.71. The molecule has 0 aliphatic carbocycles. The molecule has 0 aromatic rings. The lowest BCUT2D eigenvalue weighted by atomic mass is 10.2. The molecule has 10 heavy (non-hydrogen) atoms. The molecule has 0 aliphatic rings. The van der Waals surface area contributed by atoms with E-state index < -0.39 is 0 Å². The molecule has 0 aromatic heterocycles. The van der Waals surface area contributed by atoms with Crippen molar-refractivity contribution >= 4 is 11.6 Å². The highest BCUT2D eigenvalue weighted by Gasteiger charge is 1.83. The summed E-state index contributed by atoms with van der Waals surface area (Å²) in [5, 5.41) is 0. The monoisotopic (exact) mass is 156 g/mol. The Bertz CT molecular complexity index is 157. The van der Waals surface area contributed by atoms with Gasteiger partial charge >= 0.3 is 0 Å². The highest BCUT2D eigenvalue weighted by molar-refractivity contribution is 6.17. The molecule has 0 heterocycles. The number of rotatable bonds is 3. The number of halogens is 1. The zero-order valence-corrected chi connectivity index (χ0v) is 7.33. The third-order valence-electron chi connectivity index (χ3n) is 1.15. The molecule has 0 fully saturated rings. The molecule has 0 aliphatic heterocycles. The summed E-state index contributed by atoms with van der Waals surface area (Å²) in [6, 6.07) is 0. The van der Waals surface area contributed by atoms with Gasteiger partial charge in [-0.15, -0.1) is 17.5 Å². The van der Waals surface area contributed by atoms with Crippen molar-refractivity contribution in [2.24, 2.45) is 0 Å². The molecule has 0 unspecified atom stereocenters. The molecule has 0 bridgehead atoms. The number of allylic oxidation sites excluding steroid dienone is 2. The van der Waals surface area contributed by atoms with Gasteiger partial charge in [0.15, 0.2) is 0 Å². The minimum atomic E-state index is 0.705. The average molecular weight is 157 g/mol. The molecule has 0 rings (SSSR count). The van der Waals surface area contributed by atoms with Crippen LogP contribution in [0.5, 0.6) is 0 Å². The standard InChI is InChI=1S/C9H13Cl/c1-3-4-6-9(2)7-5-8-10/h7H,5-6,8H2,1-2H3/b9-7+. The van der Waals surface area contributed by atoms with Crippen LogP contribution in [-0.4, -0.2) is 5.88 Å². The minimum Gasteiger partial charge on any atom is -0.126 e. The topological polar surface area (TPSA) is 0 Å². The fourth-order valence-corrected chi connectivity index (χ4v) is 0.710. The van der Waals surface area contributed by atoms with Crippen LogP contribution in [0.1, 0.15) is 26.7 Å². The number of hydrogen-bond acceptors (Lipinski definition) is 0. The molecule has 0 radical (unpaired) electrons. The quantitative estimate of drug-likeness (QED) is 0.335. The van der Waals surface area contributed by atoms with Crippen molar-refractivity contribution in [2.45, 2.75) is 26.7 Å². The molecule has 0 saturated carbocycles. The van der Waals surface area contributed by atoms with Crippen LogP contribution in [0.4, 0.5) is 0 Å². The minimum absolute atomic E-state index is 0.705. The van der Waals surface area contributed by atoms with E-state index in [1.54, 1.807) is 0 Å². The summed E-state index contributed by atoms with van der Waals surface area (Å²) in [7, 11) is 0.